The number of hydrogen-bond donors (Lipinski definition) is 2. The maximum Gasteiger partial charge on any atom is 0.407 e. The topological polar surface area (TPSA) is 73.6 Å². The largest absolute Gasteiger partial charge is 0.444 e. The van der Waals surface area contributed by atoms with Crippen molar-refractivity contribution in [3.8, 4) is 0 Å². The molecule has 3 fully saturated rings. The highest BCUT2D eigenvalue weighted by Gasteiger charge is 2.64. The molecule has 0 spiro atoms. The van der Waals surface area contributed by atoms with Crippen LogP contribution < -0.4 is 11.1 Å². The SMILES string of the molecule is CC1OC2(CNC(=O)OC(C)(C)C)CC1(N)C2.Cl. The van der Waals surface area contributed by atoms with Crippen molar-refractivity contribution < 1.29 is 14.3 Å². The minimum absolute atomic E-state index is 0. The maximum atomic E-state index is 11.5. The van der Waals surface area contributed by atoms with Crippen molar-refractivity contribution in [2.75, 3.05) is 6.54 Å². The van der Waals surface area contributed by atoms with E-state index in [0.717, 1.165) is 12.8 Å². The molecule has 3 aliphatic rings. The molecule has 0 aromatic heterocycles. The molecule has 0 aromatic carbocycles. The smallest absolute Gasteiger partial charge is 0.407 e. The molecular formula is C12H23ClN2O3. The molecule has 1 saturated carbocycles. The molecular weight excluding hydrogens is 256 g/mol. The van der Waals surface area contributed by atoms with E-state index in [1.165, 1.54) is 0 Å². The van der Waals surface area contributed by atoms with Crippen LogP contribution in [0, 0.1) is 0 Å². The minimum atomic E-state index is -0.469. The first kappa shape index (κ1) is 15.5. The quantitative estimate of drug-likeness (QED) is 0.804. The Labute approximate surface area is 114 Å². The summed E-state index contributed by atoms with van der Waals surface area (Å²) in [5.74, 6) is 0. The van der Waals surface area contributed by atoms with E-state index >= 15 is 0 Å². The summed E-state index contributed by atoms with van der Waals surface area (Å²) in [4.78, 5) is 11.5. The summed E-state index contributed by atoms with van der Waals surface area (Å²) in [6.45, 7) is 7.99. The predicted molar refractivity (Wildman–Crippen MR) is 70.9 cm³/mol. The molecule has 1 amide bonds. The van der Waals surface area contributed by atoms with Gasteiger partial charge in [0.2, 0.25) is 0 Å². The van der Waals surface area contributed by atoms with Crippen molar-refractivity contribution in [3.05, 3.63) is 0 Å². The fourth-order valence-electron chi connectivity index (χ4n) is 2.73. The van der Waals surface area contributed by atoms with Crippen LogP contribution in [0.3, 0.4) is 0 Å². The first-order valence-corrected chi connectivity index (χ1v) is 6.08. The lowest BCUT2D eigenvalue weighted by molar-refractivity contribution is -0.0219. The normalized spacial score (nSPS) is 37.5. The van der Waals surface area contributed by atoms with Gasteiger partial charge in [-0.25, -0.2) is 4.79 Å². The third kappa shape index (κ3) is 2.90. The van der Waals surface area contributed by atoms with Crippen LogP contribution in [-0.4, -0.2) is 35.5 Å². The second-order valence-electron chi connectivity index (χ2n) is 6.39. The summed E-state index contributed by atoms with van der Waals surface area (Å²) < 4.78 is 11.0. The predicted octanol–water partition coefficient (Wildman–Crippen LogP) is 1.58. The Hall–Kier alpha value is -0.520. The number of alkyl carbamates (subject to hydrolysis) is 1. The van der Waals surface area contributed by atoms with Gasteiger partial charge < -0.3 is 20.5 Å². The van der Waals surface area contributed by atoms with Crippen LogP contribution in [0.4, 0.5) is 4.79 Å². The van der Waals surface area contributed by atoms with Crippen molar-refractivity contribution in [3.63, 3.8) is 0 Å². The Morgan fingerprint density at radius 3 is 2.44 bits per heavy atom. The third-order valence-electron chi connectivity index (χ3n) is 3.49. The zero-order chi connectivity index (χ0) is 12.9. The second kappa shape index (κ2) is 4.54. The number of nitrogens with one attached hydrogen (secondary N) is 1. The van der Waals surface area contributed by atoms with Crippen LogP contribution in [0.15, 0.2) is 0 Å². The Morgan fingerprint density at radius 2 is 2.06 bits per heavy atom. The number of carbonyl (C=O) groups is 1. The molecule has 0 radical (unpaired) electrons. The van der Waals surface area contributed by atoms with Crippen molar-refractivity contribution in [1.29, 1.82) is 0 Å². The third-order valence-corrected chi connectivity index (χ3v) is 3.49. The molecule has 3 rings (SSSR count). The Kier molecular flexibility index (Phi) is 3.92. The maximum absolute atomic E-state index is 11.5. The zero-order valence-electron chi connectivity index (χ0n) is 11.4. The van der Waals surface area contributed by atoms with Crippen LogP contribution in [-0.2, 0) is 9.47 Å². The molecule has 5 nitrogen and oxygen atoms in total. The van der Waals surface area contributed by atoms with Gasteiger partial charge in [0.15, 0.2) is 0 Å². The minimum Gasteiger partial charge on any atom is -0.444 e. The molecule has 106 valence electrons. The number of amides is 1. The van der Waals surface area contributed by atoms with E-state index in [1.807, 2.05) is 27.7 Å². The summed E-state index contributed by atoms with van der Waals surface area (Å²) >= 11 is 0. The number of rotatable bonds is 2. The van der Waals surface area contributed by atoms with E-state index in [9.17, 15) is 4.79 Å². The fraction of sp³-hybridized carbons (Fsp3) is 0.917. The van der Waals surface area contributed by atoms with Crippen molar-refractivity contribution >= 4 is 18.5 Å². The lowest BCUT2D eigenvalue weighted by atomic mass is 9.67. The van der Waals surface area contributed by atoms with Crippen LogP contribution in [0.25, 0.3) is 0 Å². The van der Waals surface area contributed by atoms with E-state index in [0.29, 0.717) is 6.54 Å². The van der Waals surface area contributed by atoms with Gasteiger partial charge in [-0.2, -0.15) is 0 Å². The summed E-state index contributed by atoms with van der Waals surface area (Å²) in [6.07, 6.45) is 1.31. The molecule has 1 unspecified atom stereocenters. The number of halogens is 1. The highest BCUT2D eigenvalue weighted by atomic mass is 35.5. The molecule has 2 heterocycles. The summed E-state index contributed by atoms with van der Waals surface area (Å²) in [5, 5.41) is 2.76. The standard InChI is InChI=1S/C12H22N2O3.ClH/c1-8-12(13)5-11(6-12,16-8)7-14-9(15)17-10(2,3)4;/h8H,5-7,13H2,1-4H3,(H,14,15);1H. The molecule has 3 N–H and O–H groups in total. The van der Waals surface area contributed by atoms with Crippen LogP contribution in [0.1, 0.15) is 40.5 Å². The van der Waals surface area contributed by atoms with Gasteiger partial charge in [0, 0.05) is 5.54 Å². The molecule has 1 aliphatic carbocycles. The lowest BCUT2D eigenvalue weighted by Crippen LogP contribution is -2.60. The fourth-order valence-corrected chi connectivity index (χ4v) is 2.73. The van der Waals surface area contributed by atoms with Crippen molar-refractivity contribution in [1.82, 2.24) is 5.32 Å². The van der Waals surface area contributed by atoms with E-state index < -0.39 is 11.7 Å². The molecule has 2 saturated heterocycles. The van der Waals surface area contributed by atoms with Gasteiger partial charge in [0.25, 0.3) is 0 Å². The zero-order valence-corrected chi connectivity index (χ0v) is 12.2. The van der Waals surface area contributed by atoms with Crippen molar-refractivity contribution in [2.45, 2.75) is 63.4 Å². The number of hydrogen-bond acceptors (Lipinski definition) is 4. The van der Waals surface area contributed by atoms with Gasteiger partial charge in [-0.1, -0.05) is 0 Å². The summed E-state index contributed by atoms with van der Waals surface area (Å²) in [5.41, 5.74) is 5.20. The van der Waals surface area contributed by atoms with Crippen LogP contribution >= 0.6 is 12.4 Å². The van der Waals surface area contributed by atoms with E-state index in [-0.39, 0.29) is 29.7 Å². The van der Waals surface area contributed by atoms with Gasteiger partial charge in [-0.15, -0.1) is 12.4 Å². The molecule has 1 atom stereocenters. The van der Waals surface area contributed by atoms with Gasteiger partial charge >= 0.3 is 6.09 Å². The lowest BCUT2D eigenvalue weighted by Gasteiger charge is -2.42. The van der Waals surface area contributed by atoms with Gasteiger partial charge in [0.1, 0.15) is 5.60 Å². The van der Waals surface area contributed by atoms with Gasteiger partial charge in [-0.3, -0.25) is 0 Å². The van der Waals surface area contributed by atoms with Crippen LogP contribution in [0.2, 0.25) is 0 Å². The number of nitrogens with two attached hydrogens (primary N) is 1. The summed E-state index contributed by atoms with van der Waals surface area (Å²) in [7, 11) is 0. The van der Waals surface area contributed by atoms with E-state index in [2.05, 4.69) is 5.32 Å². The average Bonchev–Trinajstić information content (AvgIpc) is 2.45. The van der Waals surface area contributed by atoms with Gasteiger partial charge in [-0.05, 0) is 40.5 Å². The highest BCUT2D eigenvalue weighted by molar-refractivity contribution is 5.85. The van der Waals surface area contributed by atoms with Crippen LogP contribution in [0.5, 0.6) is 0 Å². The molecule has 0 aromatic rings. The monoisotopic (exact) mass is 278 g/mol. The first-order valence-electron chi connectivity index (χ1n) is 6.08. The van der Waals surface area contributed by atoms with E-state index in [4.69, 9.17) is 15.2 Å². The highest BCUT2D eigenvalue weighted by Crippen LogP contribution is 2.53. The van der Waals surface area contributed by atoms with Gasteiger partial charge in [0.05, 0.1) is 18.2 Å². The van der Waals surface area contributed by atoms with Crippen molar-refractivity contribution in [2.24, 2.45) is 5.73 Å². The first-order chi connectivity index (χ1) is 7.64. The Morgan fingerprint density at radius 1 is 1.50 bits per heavy atom. The second-order valence-corrected chi connectivity index (χ2v) is 6.39. The molecule has 2 aliphatic heterocycles. The molecule has 2 bridgehead atoms. The Bertz CT molecular complexity index is 329. The Balaban J connectivity index is 0.00000162. The molecule has 6 heteroatoms. The average molecular weight is 279 g/mol. The number of carbonyl (C=O) groups excluding carboxylic acids is 1. The number of fused-ring (bicyclic) bond motifs is 1. The molecule has 18 heavy (non-hydrogen) atoms. The number of ether oxygens (including phenoxy) is 2. The van der Waals surface area contributed by atoms with E-state index in [1.54, 1.807) is 0 Å². The summed E-state index contributed by atoms with van der Waals surface area (Å²) in [6, 6.07) is 0.